The summed E-state index contributed by atoms with van der Waals surface area (Å²) < 4.78 is 6.83. The molecule has 1 aliphatic rings. The molecule has 0 saturated heterocycles. The Kier molecular flexibility index (Phi) is 6.31. The second kappa shape index (κ2) is 8.73. The summed E-state index contributed by atoms with van der Waals surface area (Å²) in [7, 11) is 0. The molecular weight excluding hydrogens is 396 g/mol. The van der Waals surface area contributed by atoms with Gasteiger partial charge in [0.1, 0.15) is 5.00 Å². The first-order valence-corrected chi connectivity index (χ1v) is 10.4. The standard InChI is InChI=1S/C19H24N4O5S/c1-11(2)28-19(25)17-13-6-4-5-7-14(13)29-18(17)20-16(24)8-9-22-12(3)10-15(21-22)23(26)27/h10-11H,4-9H2,1-3H3,(H,20,24). The van der Waals surface area contributed by atoms with Crippen LogP contribution in [-0.4, -0.2) is 32.7 Å². The molecule has 0 atom stereocenters. The van der Waals surface area contributed by atoms with Crippen molar-refractivity contribution in [1.82, 2.24) is 9.78 Å². The van der Waals surface area contributed by atoms with Gasteiger partial charge in [0, 0.05) is 11.3 Å². The molecule has 9 nitrogen and oxygen atoms in total. The molecule has 29 heavy (non-hydrogen) atoms. The maximum absolute atomic E-state index is 12.6. The van der Waals surface area contributed by atoms with E-state index in [1.54, 1.807) is 20.8 Å². The van der Waals surface area contributed by atoms with Gasteiger partial charge < -0.3 is 20.2 Å². The molecule has 0 radical (unpaired) electrons. The van der Waals surface area contributed by atoms with E-state index in [2.05, 4.69) is 10.4 Å². The molecule has 0 saturated carbocycles. The Bertz CT molecular complexity index is 947. The number of nitrogens with zero attached hydrogens (tertiary/aromatic N) is 3. The second-order valence-corrected chi connectivity index (χ2v) is 8.40. The minimum Gasteiger partial charge on any atom is -0.459 e. The second-order valence-electron chi connectivity index (χ2n) is 7.29. The Labute approximate surface area is 172 Å². The molecule has 2 heterocycles. The lowest BCUT2D eigenvalue weighted by Crippen LogP contribution is -2.19. The highest BCUT2D eigenvalue weighted by Gasteiger charge is 2.28. The summed E-state index contributed by atoms with van der Waals surface area (Å²) in [5.41, 5.74) is 2.07. The molecule has 1 amide bonds. The van der Waals surface area contributed by atoms with Gasteiger partial charge in [-0.05, 0) is 56.9 Å². The topological polar surface area (TPSA) is 116 Å². The number of hydrogen-bond acceptors (Lipinski definition) is 7. The summed E-state index contributed by atoms with van der Waals surface area (Å²) in [5, 5.41) is 18.1. The number of carbonyl (C=O) groups excluding carboxylic acids is 2. The molecule has 0 aromatic carbocycles. The van der Waals surface area contributed by atoms with Crippen molar-refractivity contribution in [2.45, 2.75) is 65.5 Å². The van der Waals surface area contributed by atoms with E-state index in [-0.39, 0.29) is 30.8 Å². The number of fused-ring (bicyclic) bond motifs is 1. The largest absolute Gasteiger partial charge is 0.459 e. The SMILES string of the molecule is Cc1cc([N+](=O)[O-])nn1CCC(=O)Nc1sc2c(c1C(=O)OC(C)C)CCCC2. The van der Waals surface area contributed by atoms with Crippen molar-refractivity contribution in [3.05, 3.63) is 37.9 Å². The van der Waals surface area contributed by atoms with E-state index < -0.39 is 10.9 Å². The molecule has 10 heteroatoms. The van der Waals surface area contributed by atoms with Gasteiger partial charge in [-0.2, -0.15) is 4.68 Å². The zero-order valence-corrected chi connectivity index (χ0v) is 17.5. The molecule has 0 aliphatic heterocycles. The number of rotatable bonds is 7. The number of nitro groups is 1. The zero-order valence-electron chi connectivity index (χ0n) is 16.7. The summed E-state index contributed by atoms with van der Waals surface area (Å²) in [6, 6.07) is 1.37. The zero-order chi connectivity index (χ0) is 21.1. The molecule has 0 spiro atoms. The number of ether oxygens (including phenoxy) is 1. The third-order valence-corrected chi connectivity index (χ3v) is 5.88. The molecule has 2 aromatic heterocycles. The molecule has 0 fully saturated rings. The molecule has 1 aliphatic carbocycles. The number of anilines is 1. The fourth-order valence-corrected chi connectivity index (χ4v) is 4.64. The van der Waals surface area contributed by atoms with Crippen molar-refractivity contribution in [3.8, 4) is 0 Å². The van der Waals surface area contributed by atoms with Gasteiger partial charge in [0.2, 0.25) is 5.91 Å². The fourth-order valence-electron chi connectivity index (χ4n) is 3.35. The monoisotopic (exact) mass is 420 g/mol. The Balaban J connectivity index is 1.73. The van der Waals surface area contributed by atoms with Crippen molar-refractivity contribution in [1.29, 1.82) is 0 Å². The van der Waals surface area contributed by atoms with Gasteiger partial charge in [-0.25, -0.2) is 4.79 Å². The van der Waals surface area contributed by atoms with Crippen LogP contribution in [0, 0.1) is 17.0 Å². The first-order chi connectivity index (χ1) is 13.8. The predicted octanol–water partition coefficient (Wildman–Crippen LogP) is 3.63. The van der Waals surface area contributed by atoms with Gasteiger partial charge in [-0.15, -0.1) is 11.3 Å². The summed E-state index contributed by atoms with van der Waals surface area (Å²) in [4.78, 5) is 36.5. The maximum atomic E-state index is 12.6. The first-order valence-electron chi connectivity index (χ1n) is 9.60. The number of aryl methyl sites for hydroxylation is 3. The lowest BCUT2D eigenvalue weighted by Gasteiger charge is -2.14. The predicted molar refractivity (Wildman–Crippen MR) is 108 cm³/mol. The molecule has 0 bridgehead atoms. The number of amides is 1. The Morgan fingerprint density at radius 3 is 2.76 bits per heavy atom. The van der Waals surface area contributed by atoms with Crippen LogP contribution in [0.1, 0.15) is 59.6 Å². The first kappa shape index (κ1) is 21.0. The van der Waals surface area contributed by atoms with Crippen molar-refractivity contribution in [2.24, 2.45) is 0 Å². The van der Waals surface area contributed by atoms with Crippen molar-refractivity contribution >= 4 is 34.0 Å². The number of thiophene rings is 1. The Morgan fingerprint density at radius 1 is 1.38 bits per heavy atom. The minimum absolute atomic E-state index is 0.0842. The average Bonchev–Trinajstić information content (AvgIpc) is 3.19. The van der Waals surface area contributed by atoms with Crippen LogP contribution in [0.2, 0.25) is 0 Å². The van der Waals surface area contributed by atoms with Gasteiger partial charge in [-0.1, -0.05) is 0 Å². The van der Waals surface area contributed by atoms with Gasteiger partial charge in [0.25, 0.3) is 0 Å². The van der Waals surface area contributed by atoms with E-state index in [1.807, 2.05) is 0 Å². The van der Waals surface area contributed by atoms with Crippen LogP contribution in [-0.2, 0) is 28.9 Å². The van der Waals surface area contributed by atoms with E-state index in [4.69, 9.17) is 4.74 Å². The normalized spacial score (nSPS) is 13.2. The van der Waals surface area contributed by atoms with Crippen LogP contribution in [0.25, 0.3) is 0 Å². The summed E-state index contributed by atoms with van der Waals surface area (Å²) in [6.07, 6.45) is 3.62. The van der Waals surface area contributed by atoms with E-state index in [1.165, 1.54) is 22.1 Å². The number of hydrogen-bond donors (Lipinski definition) is 1. The fraction of sp³-hybridized carbons (Fsp3) is 0.526. The maximum Gasteiger partial charge on any atom is 0.390 e. The highest BCUT2D eigenvalue weighted by atomic mass is 32.1. The lowest BCUT2D eigenvalue weighted by molar-refractivity contribution is -0.389. The smallest absolute Gasteiger partial charge is 0.390 e. The summed E-state index contributed by atoms with van der Waals surface area (Å²) in [6.45, 7) is 5.49. The van der Waals surface area contributed by atoms with Crippen molar-refractivity contribution in [2.75, 3.05) is 5.32 Å². The third-order valence-electron chi connectivity index (χ3n) is 4.68. The van der Waals surface area contributed by atoms with E-state index >= 15 is 0 Å². The van der Waals surface area contributed by atoms with E-state index in [0.29, 0.717) is 16.3 Å². The minimum atomic E-state index is -0.563. The van der Waals surface area contributed by atoms with Crippen LogP contribution in [0.5, 0.6) is 0 Å². The van der Waals surface area contributed by atoms with Crippen LogP contribution >= 0.6 is 11.3 Å². The Hall–Kier alpha value is -2.75. The third kappa shape index (κ3) is 4.81. The number of esters is 1. The van der Waals surface area contributed by atoms with E-state index in [0.717, 1.165) is 36.1 Å². The molecule has 156 valence electrons. The van der Waals surface area contributed by atoms with Gasteiger partial charge >= 0.3 is 11.8 Å². The van der Waals surface area contributed by atoms with Crippen molar-refractivity contribution in [3.63, 3.8) is 0 Å². The molecule has 2 aromatic rings. The van der Waals surface area contributed by atoms with Crippen LogP contribution in [0.3, 0.4) is 0 Å². The molecule has 1 N–H and O–H groups in total. The number of aromatic nitrogens is 2. The van der Waals surface area contributed by atoms with Gasteiger partial charge in [0.15, 0.2) is 0 Å². The average molecular weight is 420 g/mol. The van der Waals surface area contributed by atoms with Gasteiger partial charge in [-0.3, -0.25) is 4.79 Å². The molecular formula is C19H24N4O5S. The molecule has 3 rings (SSSR count). The van der Waals surface area contributed by atoms with Crippen LogP contribution in [0.15, 0.2) is 6.07 Å². The quantitative estimate of drug-likeness (QED) is 0.415. The highest BCUT2D eigenvalue weighted by Crippen LogP contribution is 2.38. The highest BCUT2D eigenvalue weighted by molar-refractivity contribution is 7.17. The number of nitrogens with one attached hydrogen (secondary N) is 1. The molecule has 0 unspecified atom stereocenters. The van der Waals surface area contributed by atoms with Crippen molar-refractivity contribution < 1.29 is 19.2 Å². The van der Waals surface area contributed by atoms with Crippen LogP contribution < -0.4 is 5.32 Å². The van der Waals surface area contributed by atoms with E-state index in [9.17, 15) is 19.7 Å². The number of carbonyl (C=O) groups is 2. The summed E-state index contributed by atoms with van der Waals surface area (Å²) in [5.74, 6) is -0.930. The summed E-state index contributed by atoms with van der Waals surface area (Å²) >= 11 is 1.43. The van der Waals surface area contributed by atoms with Crippen LogP contribution in [0.4, 0.5) is 10.8 Å². The Morgan fingerprint density at radius 2 is 2.10 bits per heavy atom. The lowest BCUT2D eigenvalue weighted by atomic mass is 9.95. The van der Waals surface area contributed by atoms with Gasteiger partial charge in [0.05, 0.1) is 35.1 Å².